The van der Waals surface area contributed by atoms with Gasteiger partial charge in [0.1, 0.15) is 0 Å². The highest BCUT2D eigenvalue weighted by atomic mass is 35.5. The summed E-state index contributed by atoms with van der Waals surface area (Å²) in [4.78, 5) is 41.4. The van der Waals surface area contributed by atoms with E-state index in [1.165, 1.54) is 10.5 Å². The summed E-state index contributed by atoms with van der Waals surface area (Å²) in [6.07, 6.45) is 0.882. The molecule has 2 amide bonds. The molecule has 1 saturated heterocycles. The lowest BCUT2D eigenvalue weighted by molar-refractivity contribution is -0.141. The van der Waals surface area contributed by atoms with Gasteiger partial charge in [-0.3, -0.25) is 14.4 Å². The number of carbonyl (C=O) groups is 3. The van der Waals surface area contributed by atoms with Crippen LogP contribution in [0.4, 0.5) is 0 Å². The smallest absolute Gasteiger partial charge is 0.310 e. The molecule has 0 spiro atoms. The quantitative estimate of drug-likeness (QED) is 0.750. The predicted octanol–water partition coefficient (Wildman–Crippen LogP) is 2.34. The number of nitrogens with zero attached hydrogens (tertiary/aromatic N) is 2. The van der Waals surface area contributed by atoms with Gasteiger partial charge >= 0.3 is 5.97 Å². The number of aliphatic carboxylic acids is 1. The molecule has 1 aromatic carbocycles. The molecule has 2 aliphatic rings. The molecule has 0 bridgehead atoms. The Bertz CT molecular complexity index is 1010. The Morgan fingerprint density at radius 1 is 1.17 bits per heavy atom. The fourth-order valence-corrected chi connectivity index (χ4v) is 5.00. The second-order valence-corrected chi connectivity index (χ2v) is 9.52. The Labute approximate surface area is 183 Å². The van der Waals surface area contributed by atoms with Crippen LogP contribution in [0.15, 0.2) is 30.3 Å². The van der Waals surface area contributed by atoms with Crippen molar-refractivity contribution < 1.29 is 19.5 Å². The number of amides is 2. The average molecular weight is 448 g/mol. The first-order valence-corrected chi connectivity index (χ1v) is 10.9. The number of likely N-dealkylation sites (N-methyl/N-ethyl adjacent to an activating group) is 1. The third-order valence-electron chi connectivity index (χ3n) is 5.69. The fraction of sp³-hybridized carbons (Fsp3) is 0.381. The molecule has 0 saturated carbocycles. The van der Waals surface area contributed by atoms with Gasteiger partial charge in [-0.2, -0.15) is 0 Å². The van der Waals surface area contributed by atoms with Gasteiger partial charge < -0.3 is 20.2 Å². The van der Waals surface area contributed by atoms with E-state index in [0.29, 0.717) is 14.8 Å². The normalized spacial score (nSPS) is 21.3. The number of carboxylic acid groups (broad SMARTS) is 1. The van der Waals surface area contributed by atoms with Crippen molar-refractivity contribution in [1.82, 2.24) is 15.1 Å². The SMILES string of the molecule is CN1CCc2cc(C(=O)N3CC(NC(=O)c4ccc(Cl)s4)C(C(=O)O)C3)ccc2C1. The summed E-state index contributed by atoms with van der Waals surface area (Å²) in [6, 6.07) is 8.25. The topological polar surface area (TPSA) is 90.0 Å². The zero-order chi connectivity index (χ0) is 21.4. The van der Waals surface area contributed by atoms with Gasteiger partial charge in [-0.05, 0) is 48.9 Å². The number of benzene rings is 1. The van der Waals surface area contributed by atoms with E-state index in [1.807, 2.05) is 12.1 Å². The number of carboxylic acids is 1. The number of nitrogens with one attached hydrogen (secondary N) is 1. The predicted molar refractivity (Wildman–Crippen MR) is 114 cm³/mol. The van der Waals surface area contributed by atoms with Crippen LogP contribution in [-0.4, -0.2) is 65.4 Å². The van der Waals surface area contributed by atoms with Crippen molar-refractivity contribution in [3.63, 3.8) is 0 Å². The van der Waals surface area contributed by atoms with E-state index in [2.05, 4.69) is 17.3 Å². The van der Waals surface area contributed by atoms with Crippen molar-refractivity contribution in [3.05, 3.63) is 56.2 Å². The molecule has 0 radical (unpaired) electrons. The minimum absolute atomic E-state index is 0.0597. The lowest BCUT2D eigenvalue weighted by atomic mass is 9.97. The van der Waals surface area contributed by atoms with Crippen molar-refractivity contribution >= 4 is 40.7 Å². The molecule has 2 aliphatic heterocycles. The van der Waals surface area contributed by atoms with Crippen molar-refractivity contribution in [1.29, 1.82) is 0 Å². The highest BCUT2D eigenvalue weighted by molar-refractivity contribution is 7.18. The molecule has 2 atom stereocenters. The molecule has 0 aliphatic carbocycles. The molecule has 1 aromatic heterocycles. The molecule has 3 heterocycles. The van der Waals surface area contributed by atoms with Gasteiger partial charge in [0.25, 0.3) is 11.8 Å². The first kappa shape index (κ1) is 20.8. The lowest BCUT2D eigenvalue weighted by Crippen LogP contribution is -2.43. The summed E-state index contributed by atoms with van der Waals surface area (Å²) in [5.74, 6) is -2.48. The van der Waals surface area contributed by atoms with Crippen LogP contribution in [0.3, 0.4) is 0 Å². The minimum atomic E-state index is -1.03. The summed E-state index contributed by atoms with van der Waals surface area (Å²) >= 11 is 7.01. The molecule has 4 rings (SSSR count). The van der Waals surface area contributed by atoms with Gasteiger partial charge in [0.2, 0.25) is 0 Å². The van der Waals surface area contributed by atoms with Crippen molar-refractivity contribution in [2.24, 2.45) is 5.92 Å². The van der Waals surface area contributed by atoms with E-state index in [-0.39, 0.29) is 24.9 Å². The highest BCUT2D eigenvalue weighted by Crippen LogP contribution is 2.25. The fourth-order valence-electron chi connectivity index (χ4n) is 4.05. The monoisotopic (exact) mass is 447 g/mol. The maximum atomic E-state index is 13.1. The molecule has 1 fully saturated rings. The largest absolute Gasteiger partial charge is 0.481 e. The second kappa shape index (κ2) is 8.37. The number of carbonyl (C=O) groups excluding carboxylic acids is 2. The van der Waals surface area contributed by atoms with Crippen LogP contribution in [0, 0.1) is 5.92 Å². The van der Waals surface area contributed by atoms with Crippen LogP contribution in [0.5, 0.6) is 0 Å². The Morgan fingerprint density at radius 2 is 1.97 bits per heavy atom. The summed E-state index contributed by atoms with van der Waals surface area (Å²) in [5, 5.41) is 12.4. The van der Waals surface area contributed by atoms with Gasteiger partial charge in [0.05, 0.1) is 21.2 Å². The van der Waals surface area contributed by atoms with Gasteiger partial charge in [0.15, 0.2) is 0 Å². The Kier molecular flexibility index (Phi) is 5.81. The van der Waals surface area contributed by atoms with E-state index in [1.54, 1.807) is 18.2 Å². The minimum Gasteiger partial charge on any atom is -0.481 e. The Morgan fingerprint density at radius 3 is 2.67 bits per heavy atom. The van der Waals surface area contributed by atoms with E-state index in [9.17, 15) is 19.5 Å². The van der Waals surface area contributed by atoms with Crippen LogP contribution >= 0.6 is 22.9 Å². The number of halogens is 1. The zero-order valence-corrected chi connectivity index (χ0v) is 18.0. The number of rotatable bonds is 4. The number of hydrogen-bond acceptors (Lipinski definition) is 5. The molecule has 2 unspecified atom stereocenters. The van der Waals surface area contributed by atoms with E-state index >= 15 is 0 Å². The van der Waals surface area contributed by atoms with E-state index in [4.69, 9.17) is 11.6 Å². The standard InChI is InChI=1S/C21H22ClN3O4S/c1-24-7-6-12-8-13(2-3-14(12)9-24)20(27)25-10-15(21(28)29)16(11-25)23-19(26)17-4-5-18(22)30-17/h2-5,8,15-16H,6-7,9-11H2,1H3,(H,23,26)(H,28,29). The first-order valence-electron chi connectivity index (χ1n) is 9.70. The molecular weight excluding hydrogens is 426 g/mol. The van der Waals surface area contributed by atoms with Crippen LogP contribution in [0.25, 0.3) is 0 Å². The third-order valence-corrected chi connectivity index (χ3v) is 6.92. The molecular formula is C21H22ClN3O4S. The second-order valence-electron chi connectivity index (χ2n) is 7.81. The Hall–Kier alpha value is -2.42. The van der Waals surface area contributed by atoms with Gasteiger partial charge in [-0.25, -0.2) is 0 Å². The van der Waals surface area contributed by atoms with Crippen LogP contribution in [0.1, 0.15) is 31.2 Å². The third kappa shape index (κ3) is 4.21. The molecule has 9 heteroatoms. The molecule has 158 valence electrons. The van der Waals surface area contributed by atoms with Gasteiger partial charge in [-0.15, -0.1) is 11.3 Å². The number of fused-ring (bicyclic) bond motifs is 1. The molecule has 2 aromatic rings. The Balaban J connectivity index is 1.49. The van der Waals surface area contributed by atoms with Crippen LogP contribution in [-0.2, 0) is 17.8 Å². The number of likely N-dealkylation sites (tertiary alicyclic amines) is 1. The van der Waals surface area contributed by atoms with Gasteiger partial charge in [-0.1, -0.05) is 17.7 Å². The maximum Gasteiger partial charge on any atom is 0.310 e. The van der Waals surface area contributed by atoms with Crippen molar-refractivity contribution in [3.8, 4) is 0 Å². The van der Waals surface area contributed by atoms with Crippen molar-refractivity contribution in [2.45, 2.75) is 19.0 Å². The van der Waals surface area contributed by atoms with Crippen molar-refractivity contribution in [2.75, 3.05) is 26.7 Å². The summed E-state index contributed by atoms with van der Waals surface area (Å²) in [7, 11) is 2.07. The summed E-state index contributed by atoms with van der Waals surface area (Å²) in [6.45, 7) is 2.01. The van der Waals surface area contributed by atoms with Crippen LogP contribution < -0.4 is 5.32 Å². The lowest BCUT2D eigenvalue weighted by Gasteiger charge is -2.25. The molecule has 2 N–H and O–H groups in total. The first-order chi connectivity index (χ1) is 14.3. The number of hydrogen-bond donors (Lipinski definition) is 2. The maximum absolute atomic E-state index is 13.1. The number of thiophene rings is 1. The summed E-state index contributed by atoms with van der Waals surface area (Å²) < 4.78 is 0.483. The highest BCUT2D eigenvalue weighted by Gasteiger charge is 2.41. The van der Waals surface area contributed by atoms with E-state index in [0.717, 1.165) is 36.4 Å². The zero-order valence-electron chi connectivity index (χ0n) is 16.4. The average Bonchev–Trinajstić information content (AvgIpc) is 3.33. The summed E-state index contributed by atoms with van der Waals surface area (Å²) in [5.41, 5.74) is 2.93. The van der Waals surface area contributed by atoms with Crippen LogP contribution in [0.2, 0.25) is 4.34 Å². The molecule has 30 heavy (non-hydrogen) atoms. The van der Waals surface area contributed by atoms with Gasteiger partial charge in [0, 0.05) is 31.7 Å². The molecule has 7 nitrogen and oxygen atoms in total. The van der Waals surface area contributed by atoms with E-state index < -0.39 is 17.9 Å².